The standard InChI is InChI=1S/C23H26FGeN/c1-16-10-9-13-19(23(16)24)22-14-20(21(15-26-22)25(3,4)5)17(2)18-11-7-6-8-12-18/h6-15,17H,1-5H3/i17D. The molecule has 0 spiro atoms. The zero-order valence-corrected chi connectivity index (χ0v) is 18.2. The van der Waals surface area contributed by atoms with E-state index in [9.17, 15) is 5.76 Å². The zero-order chi connectivity index (χ0) is 19.8. The molecule has 3 rings (SSSR count). The fourth-order valence-corrected chi connectivity index (χ4v) is 6.39. The quantitative estimate of drug-likeness (QED) is 0.490. The van der Waals surface area contributed by atoms with Crippen LogP contribution in [0.2, 0.25) is 17.3 Å². The summed E-state index contributed by atoms with van der Waals surface area (Å²) in [5.74, 6) is 5.73. The minimum atomic E-state index is -2.29. The number of pyridine rings is 1. The van der Waals surface area contributed by atoms with Crippen LogP contribution in [-0.4, -0.2) is 18.3 Å². The van der Waals surface area contributed by atoms with Crippen molar-refractivity contribution in [2.24, 2.45) is 0 Å². The van der Waals surface area contributed by atoms with Gasteiger partial charge in [-0.25, -0.2) is 0 Å². The van der Waals surface area contributed by atoms with E-state index in [1.165, 1.54) is 4.40 Å². The number of aryl methyl sites for hydroxylation is 1. The molecule has 26 heavy (non-hydrogen) atoms. The summed E-state index contributed by atoms with van der Waals surface area (Å²) in [6.45, 7) is 3.68. The third-order valence-electron chi connectivity index (χ3n) is 4.79. The summed E-state index contributed by atoms with van der Waals surface area (Å²) in [5, 5.41) is 0. The average molecular weight is 409 g/mol. The van der Waals surface area contributed by atoms with Crippen molar-refractivity contribution in [1.29, 1.82) is 0 Å². The van der Waals surface area contributed by atoms with Crippen molar-refractivity contribution in [1.82, 2.24) is 4.98 Å². The molecule has 0 saturated carbocycles. The molecular formula is C23H26FGeN. The van der Waals surface area contributed by atoms with E-state index in [-0.39, 0.29) is 5.82 Å². The molecule has 0 saturated heterocycles. The topological polar surface area (TPSA) is 12.9 Å². The number of benzene rings is 2. The van der Waals surface area contributed by atoms with Crippen LogP contribution in [0.5, 0.6) is 0 Å². The van der Waals surface area contributed by atoms with Gasteiger partial charge in [-0.05, 0) is 0 Å². The van der Waals surface area contributed by atoms with E-state index in [2.05, 4.69) is 22.3 Å². The molecule has 0 bridgehead atoms. The second-order valence-electron chi connectivity index (χ2n) is 7.79. The summed E-state index contributed by atoms with van der Waals surface area (Å²) < 4.78 is 25.1. The molecule has 0 N–H and O–H groups in total. The molecule has 0 aliphatic carbocycles. The van der Waals surface area contributed by atoms with Crippen molar-refractivity contribution in [3.05, 3.63) is 83.3 Å². The van der Waals surface area contributed by atoms with Crippen molar-refractivity contribution in [3.8, 4) is 11.3 Å². The van der Waals surface area contributed by atoms with Crippen LogP contribution in [0.3, 0.4) is 0 Å². The number of rotatable bonds is 4. The maximum atomic E-state index is 14.7. The second-order valence-corrected chi connectivity index (χ2v) is 18.4. The summed E-state index contributed by atoms with van der Waals surface area (Å²) >= 11 is -2.29. The fraction of sp³-hybridized carbons (Fsp3) is 0.261. The van der Waals surface area contributed by atoms with Crippen molar-refractivity contribution in [2.75, 3.05) is 0 Å². The molecule has 0 aliphatic heterocycles. The Morgan fingerprint density at radius 2 is 1.73 bits per heavy atom. The van der Waals surface area contributed by atoms with Gasteiger partial charge in [0.05, 0.1) is 0 Å². The van der Waals surface area contributed by atoms with Crippen molar-refractivity contribution < 1.29 is 5.76 Å². The van der Waals surface area contributed by atoms with Gasteiger partial charge in [-0.3, -0.25) is 0 Å². The van der Waals surface area contributed by atoms with Gasteiger partial charge >= 0.3 is 160 Å². The molecule has 1 aromatic heterocycles. The molecule has 3 aromatic rings. The Labute approximate surface area is 160 Å². The molecule has 1 unspecified atom stereocenters. The molecule has 0 radical (unpaired) electrons. The Balaban J connectivity index is 2.26. The van der Waals surface area contributed by atoms with Crippen LogP contribution in [0.4, 0.5) is 4.39 Å². The average Bonchev–Trinajstić information content (AvgIpc) is 2.63. The van der Waals surface area contributed by atoms with Crippen molar-refractivity contribution >= 4 is 17.7 Å². The molecule has 2 aromatic carbocycles. The van der Waals surface area contributed by atoms with E-state index < -0.39 is 19.2 Å². The number of hydrogen-bond acceptors (Lipinski definition) is 1. The minimum absolute atomic E-state index is 0.243. The number of halogens is 1. The van der Waals surface area contributed by atoms with Crippen LogP contribution in [-0.2, 0) is 0 Å². The molecule has 0 aliphatic rings. The number of hydrogen-bond donors (Lipinski definition) is 0. The van der Waals surface area contributed by atoms with Crippen LogP contribution in [0, 0.1) is 12.7 Å². The van der Waals surface area contributed by atoms with Gasteiger partial charge in [-0.2, -0.15) is 0 Å². The van der Waals surface area contributed by atoms with Crippen LogP contribution in [0.15, 0.2) is 60.8 Å². The molecule has 1 heterocycles. The Kier molecular flexibility index (Phi) is 4.94. The molecule has 0 fully saturated rings. The van der Waals surface area contributed by atoms with Gasteiger partial charge in [0.1, 0.15) is 0 Å². The Bertz CT molecular complexity index is 962. The summed E-state index contributed by atoms with van der Waals surface area (Å²) in [5.41, 5.74) is 3.56. The van der Waals surface area contributed by atoms with Gasteiger partial charge in [0.15, 0.2) is 0 Å². The van der Waals surface area contributed by atoms with E-state index in [4.69, 9.17) is 0 Å². The first-order valence-corrected chi connectivity index (χ1v) is 16.3. The number of aromatic nitrogens is 1. The van der Waals surface area contributed by atoms with E-state index in [1.807, 2.05) is 55.6 Å². The zero-order valence-electron chi connectivity index (χ0n) is 17.1. The molecular weight excluding hydrogens is 382 g/mol. The Morgan fingerprint density at radius 3 is 2.38 bits per heavy atom. The van der Waals surface area contributed by atoms with Crippen LogP contribution >= 0.6 is 0 Å². The summed E-state index contributed by atoms with van der Waals surface area (Å²) in [6.07, 6.45) is 1.89. The summed E-state index contributed by atoms with van der Waals surface area (Å²) in [7, 11) is 0. The molecule has 1 nitrogen and oxygen atoms in total. The van der Waals surface area contributed by atoms with Crippen LogP contribution in [0.1, 0.15) is 30.9 Å². The van der Waals surface area contributed by atoms with Gasteiger partial charge in [0.2, 0.25) is 0 Å². The third kappa shape index (κ3) is 3.75. The number of nitrogens with zero attached hydrogens (tertiary/aromatic N) is 1. The first-order valence-electron chi connectivity index (χ1n) is 9.44. The molecule has 134 valence electrons. The fourth-order valence-electron chi connectivity index (χ4n) is 3.20. The van der Waals surface area contributed by atoms with Gasteiger partial charge in [-0.15, -0.1) is 0 Å². The van der Waals surface area contributed by atoms with Crippen molar-refractivity contribution in [3.63, 3.8) is 0 Å². The van der Waals surface area contributed by atoms with E-state index in [0.29, 0.717) is 16.8 Å². The van der Waals surface area contributed by atoms with Crippen LogP contribution in [0.25, 0.3) is 11.3 Å². The van der Waals surface area contributed by atoms with E-state index in [0.717, 1.165) is 11.1 Å². The van der Waals surface area contributed by atoms with Gasteiger partial charge < -0.3 is 0 Å². The van der Waals surface area contributed by atoms with Gasteiger partial charge in [0.25, 0.3) is 0 Å². The normalized spacial score (nSPS) is 14.6. The predicted octanol–water partition coefficient (Wildman–Crippen LogP) is 5.89. The van der Waals surface area contributed by atoms with E-state index in [1.54, 1.807) is 19.1 Å². The first-order chi connectivity index (χ1) is 12.6. The van der Waals surface area contributed by atoms with E-state index >= 15 is 0 Å². The Morgan fingerprint density at radius 1 is 1.04 bits per heavy atom. The summed E-state index contributed by atoms with van der Waals surface area (Å²) in [4.78, 5) is 4.61. The monoisotopic (exact) mass is 410 g/mol. The predicted molar refractivity (Wildman–Crippen MR) is 111 cm³/mol. The van der Waals surface area contributed by atoms with Gasteiger partial charge in [0, 0.05) is 0 Å². The van der Waals surface area contributed by atoms with Crippen molar-refractivity contribution in [2.45, 2.75) is 37.0 Å². The first kappa shape index (κ1) is 17.5. The van der Waals surface area contributed by atoms with Gasteiger partial charge in [-0.1, -0.05) is 0 Å². The Hall–Kier alpha value is -1.94. The third-order valence-corrected chi connectivity index (χ3v) is 9.02. The maximum absolute atomic E-state index is 14.7. The summed E-state index contributed by atoms with van der Waals surface area (Å²) in [6, 6.07) is 17.2. The second kappa shape index (κ2) is 7.36. The molecule has 3 heteroatoms. The van der Waals surface area contributed by atoms with Crippen LogP contribution < -0.4 is 4.40 Å². The SMILES string of the molecule is [2H]C(C)(c1ccccc1)c1cc(-c2cccc(C)c2F)nc[c]1[Ge]([CH3])([CH3])[CH3]. The molecule has 1 atom stereocenters. The molecule has 0 amide bonds.